The second-order valence-electron chi connectivity index (χ2n) is 6.57. The van der Waals surface area contributed by atoms with Gasteiger partial charge in [0.25, 0.3) is 0 Å². The van der Waals surface area contributed by atoms with Gasteiger partial charge < -0.3 is 15.4 Å². The monoisotopic (exact) mass is 268 g/mol. The predicted molar refractivity (Wildman–Crippen MR) is 75.8 cm³/mol. The third-order valence-corrected chi connectivity index (χ3v) is 4.79. The van der Waals surface area contributed by atoms with Gasteiger partial charge in [-0.25, -0.2) is 0 Å². The van der Waals surface area contributed by atoms with Gasteiger partial charge in [-0.1, -0.05) is 6.42 Å². The molecule has 3 atom stereocenters. The number of piperidine rings is 1. The van der Waals surface area contributed by atoms with Crippen LogP contribution in [0.15, 0.2) is 0 Å². The Labute approximate surface area is 116 Å². The zero-order chi connectivity index (χ0) is 13.9. The van der Waals surface area contributed by atoms with Crippen molar-refractivity contribution in [3.8, 4) is 0 Å². The molecule has 4 nitrogen and oxygen atoms in total. The van der Waals surface area contributed by atoms with Crippen LogP contribution in [-0.4, -0.2) is 42.6 Å². The van der Waals surface area contributed by atoms with Crippen LogP contribution in [0.3, 0.4) is 0 Å². The van der Waals surface area contributed by atoms with Gasteiger partial charge in [-0.15, -0.1) is 0 Å². The van der Waals surface area contributed by atoms with Crippen LogP contribution in [0.25, 0.3) is 0 Å². The second kappa shape index (κ2) is 6.23. The van der Waals surface area contributed by atoms with E-state index < -0.39 is 0 Å². The summed E-state index contributed by atoms with van der Waals surface area (Å²) >= 11 is 0. The molecule has 1 amide bonds. The topological polar surface area (TPSA) is 55.6 Å². The van der Waals surface area contributed by atoms with Crippen molar-refractivity contribution in [2.24, 2.45) is 11.7 Å². The quantitative estimate of drug-likeness (QED) is 0.851. The number of methoxy groups -OCH3 is 1. The van der Waals surface area contributed by atoms with Gasteiger partial charge in [-0.2, -0.15) is 0 Å². The molecule has 0 aromatic heterocycles. The van der Waals surface area contributed by atoms with Gasteiger partial charge in [-0.05, 0) is 44.9 Å². The Hall–Kier alpha value is -0.610. The Balaban J connectivity index is 1.85. The maximum atomic E-state index is 12.4. The minimum absolute atomic E-state index is 0.156. The Bertz CT molecular complexity index is 321. The van der Waals surface area contributed by atoms with Crippen molar-refractivity contribution >= 4 is 5.91 Å². The number of carbonyl (C=O) groups is 1. The standard InChI is InChI=1S/C15H28N2O2/c1-15(19-2)7-4-8-17(11-15)14(18)10-12-5-3-6-13(16)9-12/h12-13H,3-11,16H2,1-2H3. The maximum absolute atomic E-state index is 12.4. The van der Waals surface area contributed by atoms with Crippen LogP contribution < -0.4 is 5.73 Å². The highest BCUT2D eigenvalue weighted by Crippen LogP contribution is 2.29. The third-order valence-electron chi connectivity index (χ3n) is 4.79. The molecule has 2 N–H and O–H groups in total. The molecule has 2 fully saturated rings. The summed E-state index contributed by atoms with van der Waals surface area (Å²) in [6, 6.07) is 0.303. The van der Waals surface area contributed by atoms with E-state index in [9.17, 15) is 4.79 Å². The van der Waals surface area contributed by atoms with Gasteiger partial charge in [0.1, 0.15) is 0 Å². The molecule has 3 unspecified atom stereocenters. The van der Waals surface area contributed by atoms with Crippen LogP contribution in [0.1, 0.15) is 51.9 Å². The lowest BCUT2D eigenvalue weighted by atomic mass is 9.83. The Morgan fingerprint density at radius 3 is 2.89 bits per heavy atom. The molecular weight excluding hydrogens is 240 g/mol. The Morgan fingerprint density at radius 1 is 1.42 bits per heavy atom. The van der Waals surface area contributed by atoms with Crippen LogP contribution in [0.2, 0.25) is 0 Å². The van der Waals surface area contributed by atoms with Crippen LogP contribution in [0, 0.1) is 5.92 Å². The van der Waals surface area contributed by atoms with E-state index in [0.29, 0.717) is 24.3 Å². The molecule has 0 aromatic carbocycles. The molecular formula is C15H28N2O2. The Morgan fingerprint density at radius 2 is 2.21 bits per heavy atom. The third kappa shape index (κ3) is 3.93. The molecule has 2 aliphatic rings. The molecule has 1 aliphatic heterocycles. The molecule has 1 aliphatic carbocycles. The van der Waals surface area contributed by atoms with E-state index in [1.54, 1.807) is 7.11 Å². The highest BCUT2D eigenvalue weighted by atomic mass is 16.5. The molecule has 1 saturated carbocycles. The summed E-state index contributed by atoms with van der Waals surface area (Å²) in [4.78, 5) is 14.4. The van der Waals surface area contributed by atoms with E-state index in [1.807, 2.05) is 4.90 Å². The highest BCUT2D eigenvalue weighted by Gasteiger charge is 2.33. The fourth-order valence-electron chi connectivity index (χ4n) is 3.48. The molecule has 1 heterocycles. The van der Waals surface area contributed by atoms with Gasteiger partial charge in [0.15, 0.2) is 0 Å². The van der Waals surface area contributed by atoms with Crippen molar-refractivity contribution < 1.29 is 9.53 Å². The molecule has 4 heteroatoms. The van der Waals surface area contributed by atoms with Crippen LogP contribution in [0.4, 0.5) is 0 Å². The summed E-state index contributed by atoms with van der Waals surface area (Å²) < 4.78 is 5.55. The summed E-state index contributed by atoms with van der Waals surface area (Å²) in [5.41, 5.74) is 5.84. The zero-order valence-corrected chi connectivity index (χ0v) is 12.4. The first-order chi connectivity index (χ1) is 9.02. The van der Waals surface area contributed by atoms with Gasteiger partial charge in [0.2, 0.25) is 5.91 Å². The van der Waals surface area contributed by atoms with Crippen LogP contribution in [-0.2, 0) is 9.53 Å². The van der Waals surface area contributed by atoms with E-state index >= 15 is 0 Å². The number of rotatable bonds is 3. The Kier molecular flexibility index (Phi) is 4.85. The first-order valence-corrected chi connectivity index (χ1v) is 7.61. The minimum atomic E-state index is -0.156. The van der Waals surface area contributed by atoms with Gasteiger partial charge in [0.05, 0.1) is 5.60 Å². The molecule has 0 bridgehead atoms. The van der Waals surface area contributed by atoms with Crippen LogP contribution >= 0.6 is 0 Å². The number of likely N-dealkylation sites (tertiary alicyclic amines) is 1. The van der Waals surface area contributed by atoms with Crippen molar-refractivity contribution in [2.75, 3.05) is 20.2 Å². The van der Waals surface area contributed by atoms with Gasteiger partial charge >= 0.3 is 0 Å². The largest absolute Gasteiger partial charge is 0.377 e. The van der Waals surface area contributed by atoms with E-state index in [4.69, 9.17) is 10.5 Å². The summed E-state index contributed by atoms with van der Waals surface area (Å²) in [7, 11) is 1.74. The minimum Gasteiger partial charge on any atom is -0.377 e. The SMILES string of the molecule is COC1(C)CCCN(C(=O)CC2CCCC(N)C2)C1. The van der Waals surface area contributed by atoms with Crippen molar-refractivity contribution in [2.45, 2.75) is 63.5 Å². The summed E-state index contributed by atoms with van der Waals surface area (Å²) in [6.45, 7) is 3.72. The van der Waals surface area contributed by atoms with Gasteiger partial charge in [-0.3, -0.25) is 4.79 Å². The van der Waals surface area contributed by atoms with Crippen molar-refractivity contribution in [1.29, 1.82) is 0 Å². The van der Waals surface area contributed by atoms with E-state index in [1.165, 1.54) is 6.42 Å². The summed E-state index contributed by atoms with van der Waals surface area (Å²) in [5, 5.41) is 0. The highest BCUT2D eigenvalue weighted by molar-refractivity contribution is 5.76. The van der Waals surface area contributed by atoms with E-state index in [-0.39, 0.29) is 5.60 Å². The fraction of sp³-hybridized carbons (Fsp3) is 0.933. The van der Waals surface area contributed by atoms with E-state index in [2.05, 4.69) is 6.92 Å². The number of nitrogens with zero attached hydrogens (tertiary/aromatic N) is 1. The number of hydrogen-bond donors (Lipinski definition) is 1. The number of ether oxygens (including phenoxy) is 1. The molecule has 0 radical (unpaired) electrons. The number of nitrogens with two attached hydrogens (primary N) is 1. The van der Waals surface area contributed by atoms with E-state index in [0.717, 1.165) is 45.2 Å². The first-order valence-electron chi connectivity index (χ1n) is 7.61. The van der Waals surface area contributed by atoms with Gasteiger partial charge in [0, 0.05) is 32.7 Å². The lowest BCUT2D eigenvalue weighted by Gasteiger charge is -2.40. The molecule has 19 heavy (non-hydrogen) atoms. The lowest BCUT2D eigenvalue weighted by Crippen LogP contribution is -2.50. The second-order valence-corrected chi connectivity index (χ2v) is 6.57. The van der Waals surface area contributed by atoms with Crippen LogP contribution in [0.5, 0.6) is 0 Å². The molecule has 0 aromatic rings. The number of carbonyl (C=O) groups excluding carboxylic acids is 1. The molecule has 0 spiro atoms. The summed E-state index contributed by atoms with van der Waals surface area (Å²) in [6.07, 6.45) is 7.23. The van der Waals surface area contributed by atoms with Crippen molar-refractivity contribution in [3.05, 3.63) is 0 Å². The van der Waals surface area contributed by atoms with Crippen molar-refractivity contribution in [3.63, 3.8) is 0 Å². The first kappa shape index (κ1) is 14.8. The average Bonchev–Trinajstić information content (AvgIpc) is 2.39. The fourth-order valence-corrected chi connectivity index (χ4v) is 3.48. The molecule has 2 rings (SSSR count). The average molecular weight is 268 g/mol. The van der Waals surface area contributed by atoms with Crippen molar-refractivity contribution in [1.82, 2.24) is 4.90 Å². The smallest absolute Gasteiger partial charge is 0.222 e. The lowest BCUT2D eigenvalue weighted by molar-refractivity contribution is -0.140. The molecule has 1 saturated heterocycles. The summed E-state index contributed by atoms with van der Waals surface area (Å²) in [5.74, 6) is 0.786. The number of amides is 1. The number of hydrogen-bond acceptors (Lipinski definition) is 3. The zero-order valence-electron chi connectivity index (χ0n) is 12.4. The molecule has 110 valence electrons. The normalized spacial score (nSPS) is 36.3. The predicted octanol–water partition coefficient (Wildman–Crippen LogP) is 1.92. The maximum Gasteiger partial charge on any atom is 0.222 e.